The highest BCUT2D eigenvalue weighted by molar-refractivity contribution is 7.89. The van der Waals surface area contributed by atoms with E-state index in [2.05, 4.69) is 33.9 Å². The first-order chi connectivity index (χ1) is 9.38. The molecule has 7 nitrogen and oxygen atoms in total. The van der Waals surface area contributed by atoms with Gasteiger partial charge in [-0.25, -0.2) is 18.1 Å². The van der Waals surface area contributed by atoms with Gasteiger partial charge < -0.3 is 10.3 Å². The lowest BCUT2D eigenvalue weighted by atomic mass is 10.3. The lowest BCUT2D eigenvalue weighted by molar-refractivity contribution is 0.271. The standard InChI is InChI=1S/C12H23N5O2S/c1-10(2)17(3)9-5-8-15-20(18,19)12-11(16-13)6-4-7-14-12/h4,6-7,10,15-16H,5,8-9,13H2,1-3H3. The summed E-state index contributed by atoms with van der Waals surface area (Å²) in [6, 6.07) is 3.62. The van der Waals surface area contributed by atoms with Crippen molar-refractivity contribution in [2.75, 3.05) is 25.6 Å². The first kappa shape index (κ1) is 16.8. The van der Waals surface area contributed by atoms with Crippen LogP contribution in [0, 0.1) is 0 Å². The summed E-state index contributed by atoms with van der Waals surface area (Å²) in [6.45, 7) is 5.37. The summed E-state index contributed by atoms with van der Waals surface area (Å²) < 4.78 is 26.7. The highest BCUT2D eigenvalue weighted by Crippen LogP contribution is 2.16. The topological polar surface area (TPSA) is 100 Å². The van der Waals surface area contributed by atoms with Gasteiger partial charge in [0.25, 0.3) is 10.0 Å². The first-order valence-electron chi connectivity index (χ1n) is 6.50. The van der Waals surface area contributed by atoms with Crippen LogP contribution in [0.25, 0.3) is 0 Å². The van der Waals surface area contributed by atoms with Gasteiger partial charge >= 0.3 is 0 Å². The molecule has 1 aromatic heterocycles. The summed E-state index contributed by atoms with van der Waals surface area (Å²) in [4.78, 5) is 6.01. The van der Waals surface area contributed by atoms with Gasteiger partial charge in [0, 0.05) is 18.8 Å². The summed E-state index contributed by atoms with van der Waals surface area (Å²) in [5, 5.41) is -0.0836. The number of nitrogens with one attached hydrogen (secondary N) is 2. The molecule has 0 unspecified atom stereocenters. The molecular weight excluding hydrogens is 278 g/mol. The van der Waals surface area contributed by atoms with E-state index < -0.39 is 10.0 Å². The largest absolute Gasteiger partial charge is 0.321 e. The van der Waals surface area contributed by atoms with Crippen LogP contribution in [0.15, 0.2) is 23.4 Å². The Bertz CT molecular complexity index is 518. The second-order valence-corrected chi connectivity index (χ2v) is 6.51. The van der Waals surface area contributed by atoms with Crippen LogP contribution in [0.2, 0.25) is 0 Å². The molecule has 1 aromatic rings. The van der Waals surface area contributed by atoms with Crippen molar-refractivity contribution >= 4 is 15.7 Å². The Morgan fingerprint density at radius 1 is 1.45 bits per heavy atom. The van der Waals surface area contributed by atoms with E-state index in [0.717, 1.165) is 13.0 Å². The molecule has 0 amide bonds. The molecule has 0 bridgehead atoms. The maximum absolute atomic E-state index is 12.1. The number of rotatable bonds is 8. The molecule has 0 atom stereocenters. The third-order valence-corrected chi connectivity index (χ3v) is 4.46. The number of hydrogen-bond acceptors (Lipinski definition) is 6. The van der Waals surface area contributed by atoms with Crippen molar-refractivity contribution in [3.63, 3.8) is 0 Å². The monoisotopic (exact) mass is 301 g/mol. The quantitative estimate of drug-likeness (QED) is 0.364. The molecule has 1 heterocycles. The molecular formula is C12H23N5O2S. The molecule has 8 heteroatoms. The SMILES string of the molecule is CC(C)N(C)CCCNS(=O)(=O)c1ncccc1NN. The van der Waals surface area contributed by atoms with Crippen molar-refractivity contribution in [2.45, 2.75) is 31.3 Å². The van der Waals surface area contributed by atoms with Crippen molar-refractivity contribution in [2.24, 2.45) is 5.84 Å². The molecule has 1 rings (SSSR count). The van der Waals surface area contributed by atoms with Crippen molar-refractivity contribution in [1.82, 2.24) is 14.6 Å². The average molecular weight is 301 g/mol. The van der Waals surface area contributed by atoms with Crippen LogP contribution in [0.4, 0.5) is 5.69 Å². The maximum Gasteiger partial charge on any atom is 0.260 e. The van der Waals surface area contributed by atoms with Gasteiger partial charge in [0.1, 0.15) is 0 Å². The lowest BCUT2D eigenvalue weighted by Gasteiger charge is -2.20. The van der Waals surface area contributed by atoms with E-state index in [9.17, 15) is 8.42 Å². The molecule has 0 aromatic carbocycles. The van der Waals surface area contributed by atoms with Crippen molar-refractivity contribution in [3.05, 3.63) is 18.3 Å². The third-order valence-electron chi connectivity index (χ3n) is 3.04. The minimum Gasteiger partial charge on any atom is -0.321 e. The molecule has 20 heavy (non-hydrogen) atoms. The fourth-order valence-electron chi connectivity index (χ4n) is 1.58. The highest BCUT2D eigenvalue weighted by atomic mass is 32.2. The molecule has 0 fully saturated rings. The zero-order chi connectivity index (χ0) is 15.2. The summed E-state index contributed by atoms with van der Waals surface area (Å²) >= 11 is 0. The summed E-state index contributed by atoms with van der Waals surface area (Å²) in [7, 11) is -1.64. The van der Waals surface area contributed by atoms with E-state index in [0.29, 0.717) is 12.6 Å². The molecule has 0 aliphatic carbocycles. The van der Waals surface area contributed by atoms with Gasteiger partial charge in [-0.1, -0.05) is 0 Å². The normalized spacial score (nSPS) is 12.1. The summed E-state index contributed by atoms with van der Waals surface area (Å²) in [5.41, 5.74) is 2.61. The third kappa shape index (κ3) is 4.71. The zero-order valence-electron chi connectivity index (χ0n) is 12.1. The number of hydrogen-bond donors (Lipinski definition) is 3. The van der Waals surface area contributed by atoms with E-state index in [1.165, 1.54) is 6.20 Å². The van der Waals surface area contributed by atoms with Crippen LogP contribution in [-0.2, 0) is 10.0 Å². The predicted molar refractivity (Wildman–Crippen MR) is 79.6 cm³/mol. The zero-order valence-corrected chi connectivity index (χ0v) is 12.9. The van der Waals surface area contributed by atoms with E-state index in [1.807, 2.05) is 7.05 Å². The van der Waals surface area contributed by atoms with Crippen molar-refractivity contribution in [3.8, 4) is 0 Å². The second-order valence-electron chi connectivity index (χ2n) is 4.83. The van der Waals surface area contributed by atoms with Gasteiger partial charge in [-0.2, -0.15) is 0 Å². The Kier molecular flexibility index (Phi) is 6.34. The minimum atomic E-state index is -3.64. The van der Waals surface area contributed by atoms with E-state index in [4.69, 9.17) is 5.84 Å². The second kappa shape index (κ2) is 7.53. The van der Waals surface area contributed by atoms with Gasteiger partial charge in [-0.15, -0.1) is 0 Å². The Labute approximate surface area is 120 Å². The van der Waals surface area contributed by atoms with Crippen LogP contribution in [0.1, 0.15) is 20.3 Å². The van der Waals surface area contributed by atoms with E-state index >= 15 is 0 Å². The molecule has 114 valence electrons. The van der Waals surface area contributed by atoms with Crippen molar-refractivity contribution in [1.29, 1.82) is 0 Å². The Morgan fingerprint density at radius 2 is 2.15 bits per heavy atom. The number of sulfonamides is 1. The average Bonchev–Trinajstić information content (AvgIpc) is 2.43. The molecule has 0 saturated heterocycles. The van der Waals surface area contributed by atoms with Gasteiger partial charge in [0.2, 0.25) is 0 Å². The number of anilines is 1. The molecule has 0 spiro atoms. The number of aromatic nitrogens is 1. The number of nitrogens with two attached hydrogens (primary N) is 1. The van der Waals surface area contributed by atoms with E-state index in [-0.39, 0.29) is 10.7 Å². The highest BCUT2D eigenvalue weighted by Gasteiger charge is 2.19. The fourth-order valence-corrected chi connectivity index (χ4v) is 2.74. The van der Waals surface area contributed by atoms with Crippen LogP contribution in [0.3, 0.4) is 0 Å². The van der Waals surface area contributed by atoms with Gasteiger partial charge in [0.05, 0.1) is 5.69 Å². The molecule has 0 radical (unpaired) electrons. The Balaban J connectivity index is 2.58. The smallest absolute Gasteiger partial charge is 0.260 e. The lowest BCUT2D eigenvalue weighted by Crippen LogP contribution is -2.32. The summed E-state index contributed by atoms with van der Waals surface area (Å²) in [6.07, 6.45) is 2.15. The summed E-state index contributed by atoms with van der Waals surface area (Å²) in [5.74, 6) is 5.29. The van der Waals surface area contributed by atoms with Crippen molar-refractivity contribution < 1.29 is 8.42 Å². The Hall–Kier alpha value is -1.22. The minimum absolute atomic E-state index is 0.0836. The number of hydrazine groups is 1. The molecule has 4 N–H and O–H groups in total. The molecule has 0 saturated carbocycles. The molecule has 0 aliphatic rings. The van der Waals surface area contributed by atoms with Crippen LogP contribution in [0.5, 0.6) is 0 Å². The molecule has 0 aliphatic heterocycles. The maximum atomic E-state index is 12.1. The van der Waals surface area contributed by atoms with Crippen LogP contribution >= 0.6 is 0 Å². The van der Waals surface area contributed by atoms with Crippen LogP contribution < -0.4 is 16.0 Å². The van der Waals surface area contributed by atoms with Crippen LogP contribution in [-0.4, -0.2) is 44.5 Å². The van der Waals surface area contributed by atoms with Gasteiger partial charge in [-0.3, -0.25) is 5.84 Å². The van der Waals surface area contributed by atoms with Gasteiger partial charge in [-0.05, 0) is 46.0 Å². The first-order valence-corrected chi connectivity index (χ1v) is 7.98. The van der Waals surface area contributed by atoms with E-state index in [1.54, 1.807) is 12.1 Å². The number of pyridine rings is 1. The number of nitrogen functional groups attached to an aromatic ring is 1. The Morgan fingerprint density at radius 3 is 2.75 bits per heavy atom. The number of nitrogens with zero attached hydrogens (tertiary/aromatic N) is 2. The van der Waals surface area contributed by atoms with Gasteiger partial charge in [0.15, 0.2) is 5.03 Å². The fraction of sp³-hybridized carbons (Fsp3) is 0.583. The predicted octanol–water partition coefficient (Wildman–Crippen LogP) is 0.376.